The first-order chi connectivity index (χ1) is 11.8. The lowest BCUT2D eigenvalue weighted by Gasteiger charge is -2.36. The minimum atomic E-state index is -4.34. The summed E-state index contributed by atoms with van der Waals surface area (Å²) in [4.78, 5) is 22.7. The molecule has 132 valence electrons. The largest absolute Gasteiger partial charge is 0.476 e. The predicted molar refractivity (Wildman–Crippen MR) is 84.9 cm³/mol. The van der Waals surface area contributed by atoms with Crippen LogP contribution in [0.3, 0.4) is 0 Å². The summed E-state index contributed by atoms with van der Waals surface area (Å²) in [5, 5.41) is 8.82. The van der Waals surface area contributed by atoms with Gasteiger partial charge in [0.15, 0.2) is 5.69 Å². The van der Waals surface area contributed by atoms with Crippen molar-refractivity contribution in [2.75, 3.05) is 36.0 Å². The molecule has 1 aliphatic rings. The second kappa shape index (κ2) is 6.58. The molecular weight excluding hydrogens is 337 g/mol. The molecule has 25 heavy (non-hydrogen) atoms. The minimum Gasteiger partial charge on any atom is -0.476 e. The number of nitrogens with zero attached hydrogens (tertiary/aromatic N) is 4. The van der Waals surface area contributed by atoms with Gasteiger partial charge in [0.05, 0.1) is 18.0 Å². The van der Waals surface area contributed by atoms with Crippen molar-refractivity contribution in [2.45, 2.75) is 6.18 Å². The van der Waals surface area contributed by atoms with E-state index in [1.807, 2.05) is 9.80 Å². The lowest BCUT2D eigenvalue weighted by atomic mass is 10.1. The van der Waals surface area contributed by atoms with Crippen molar-refractivity contribution in [2.24, 2.45) is 0 Å². The summed E-state index contributed by atoms with van der Waals surface area (Å²) < 4.78 is 37.8. The monoisotopic (exact) mass is 352 g/mol. The Balaban J connectivity index is 1.62. The van der Waals surface area contributed by atoms with E-state index >= 15 is 0 Å². The molecule has 1 aliphatic heterocycles. The van der Waals surface area contributed by atoms with Gasteiger partial charge in [-0.15, -0.1) is 0 Å². The molecular formula is C16H15F3N4O2. The van der Waals surface area contributed by atoms with Crippen LogP contribution in [0, 0.1) is 0 Å². The SMILES string of the molecule is O=C(O)c1cnc(N2CCN(c3ccc(C(F)(F)F)cc3)CC2)cn1. The Kier molecular flexibility index (Phi) is 4.47. The smallest absolute Gasteiger partial charge is 0.416 e. The highest BCUT2D eigenvalue weighted by Gasteiger charge is 2.30. The maximum Gasteiger partial charge on any atom is 0.416 e. The van der Waals surface area contributed by atoms with Crippen LogP contribution in [-0.4, -0.2) is 47.2 Å². The van der Waals surface area contributed by atoms with Crippen molar-refractivity contribution in [1.29, 1.82) is 0 Å². The topological polar surface area (TPSA) is 69.6 Å². The Morgan fingerprint density at radius 2 is 1.56 bits per heavy atom. The molecule has 1 saturated heterocycles. The fourth-order valence-electron chi connectivity index (χ4n) is 2.65. The molecule has 6 nitrogen and oxygen atoms in total. The molecule has 9 heteroatoms. The number of aromatic nitrogens is 2. The number of anilines is 2. The number of benzene rings is 1. The number of aromatic carboxylic acids is 1. The molecule has 1 aromatic carbocycles. The van der Waals surface area contributed by atoms with E-state index in [-0.39, 0.29) is 5.69 Å². The van der Waals surface area contributed by atoms with Crippen LogP contribution in [0.25, 0.3) is 0 Å². The minimum absolute atomic E-state index is 0.118. The van der Waals surface area contributed by atoms with Crippen LogP contribution in [0.4, 0.5) is 24.7 Å². The van der Waals surface area contributed by atoms with Crippen molar-refractivity contribution >= 4 is 17.5 Å². The average Bonchev–Trinajstić information content (AvgIpc) is 2.61. The summed E-state index contributed by atoms with van der Waals surface area (Å²) in [5.41, 5.74) is -0.0456. The summed E-state index contributed by atoms with van der Waals surface area (Å²) in [6.45, 7) is 2.46. The average molecular weight is 352 g/mol. The third-order valence-electron chi connectivity index (χ3n) is 4.02. The van der Waals surface area contributed by atoms with Crippen molar-refractivity contribution in [1.82, 2.24) is 9.97 Å². The molecule has 0 saturated carbocycles. The highest BCUT2D eigenvalue weighted by atomic mass is 19.4. The Morgan fingerprint density at radius 3 is 2.04 bits per heavy atom. The highest BCUT2D eigenvalue weighted by molar-refractivity contribution is 5.84. The fourth-order valence-corrected chi connectivity index (χ4v) is 2.65. The Hall–Kier alpha value is -2.84. The summed E-state index contributed by atoms with van der Waals surface area (Å²) in [6, 6.07) is 5.11. The number of carboxylic acids is 1. The van der Waals surface area contributed by atoms with Crippen LogP contribution in [0.15, 0.2) is 36.7 Å². The number of rotatable bonds is 3. The molecule has 0 bridgehead atoms. The van der Waals surface area contributed by atoms with E-state index in [0.29, 0.717) is 32.0 Å². The van der Waals surface area contributed by atoms with E-state index in [0.717, 1.165) is 17.8 Å². The van der Waals surface area contributed by atoms with E-state index in [4.69, 9.17) is 5.11 Å². The number of carboxylic acid groups (broad SMARTS) is 1. The van der Waals surface area contributed by atoms with E-state index in [9.17, 15) is 18.0 Å². The van der Waals surface area contributed by atoms with Gasteiger partial charge >= 0.3 is 12.1 Å². The second-order valence-corrected chi connectivity index (χ2v) is 5.58. The normalized spacial score (nSPS) is 15.3. The Labute approximate surface area is 141 Å². The first kappa shape index (κ1) is 17.0. The van der Waals surface area contributed by atoms with Crippen LogP contribution >= 0.6 is 0 Å². The molecule has 3 rings (SSSR count). The third kappa shape index (κ3) is 3.81. The van der Waals surface area contributed by atoms with Gasteiger partial charge in [-0.3, -0.25) is 0 Å². The van der Waals surface area contributed by atoms with Gasteiger partial charge in [-0.05, 0) is 24.3 Å². The molecule has 2 heterocycles. The molecule has 0 spiro atoms. The van der Waals surface area contributed by atoms with Crippen molar-refractivity contribution in [3.8, 4) is 0 Å². The van der Waals surface area contributed by atoms with E-state index in [1.54, 1.807) is 0 Å². The lowest BCUT2D eigenvalue weighted by molar-refractivity contribution is -0.137. The van der Waals surface area contributed by atoms with Gasteiger partial charge in [-0.1, -0.05) is 0 Å². The first-order valence-corrected chi connectivity index (χ1v) is 7.57. The quantitative estimate of drug-likeness (QED) is 0.915. The van der Waals surface area contributed by atoms with Crippen molar-refractivity contribution < 1.29 is 23.1 Å². The molecule has 0 radical (unpaired) electrons. The molecule has 0 aliphatic carbocycles. The Bertz CT molecular complexity index is 739. The van der Waals surface area contributed by atoms with Gasteiger partial charge in [-0.25, -0.2) is 14.8 Å². The Morgan fingerprint density at radius 1 is 0.960 bits per heavy atom. The summed E-state index contributed by atoms with van der Waals surface area (Å²) >= 11 is 0. The molecule has 1 N–H and O–H groups in total. The lowest BCUT2D eigenvalue weighted by Crippen LogP contribution is -2.46. The van der Waals surface area contributed by atoms with Crippen LogP contribution in [0.1, 0.15) is 16.1 Å². The van der Waals surface area contributed by atoms with E-state index in [1.165, 1.54) is 24.5 Å². The zero-order valence-electron chi connectivity index (χ0n) is 13.1. The zero-order chi connectivity index (χ0) is 18.0. The number of hydrogen-bond donors (Lipinski definition) is 1. The van der Waals surface area contributed by atoms with E-state index in [2.05, 4.69) is 9.97 Å². The molecule has 2 aromatic rings. The molecule has 1 aromatic heterocycles. The fraction of sp³-hybridized carbons (Fsp3) is 0.312. The summed E-state index contributed by atoms with van der Waals surface area (Å²) in [7, 11) is 0. The second-order valence-electron chi connectivity index (χ2n) is 5.58. The number of alkyl halides is 3. The van der Waals surface area contributed by atoms with Gasteiger partial charge in [0, 0.05) is 31.9 Å². The van der Waals surface area contributed by atoms with Gasteiger partial charge in [0.1, 0.15) is 5.82 Å². The maximum absolute atomic E-state index is 12.6. The standard InChI is InChI=1S/C16H15F3N4O2/c17-16(18,19)11-1-3-12(4-2-11)22-5-7-23(8-6-22)14-10-20-13(9-21-14)15(24)25/h1-4,9-10H,5-8H2,(H,24,25). The molecule has 0 unspecified atom stereocenters. The van der Waals surface area contributed by atoms with Crippen molar-refractivity contribution in [3.63, 3.8) is 0 Å². The third-order valence-corrected chi connectivity index (χ3v) is 4.02. The first-order valence-electron chi connectivity index (χ1n) is 7.57. The zero-order valence-corrected chi connectivity index (χ0v) is 13.1. The summed E-state index contributed by atoms with van der Waals surface area (Å²) in [5.74, 6) is -0.553. The van der Waals surface area contributed by atoms with Crippen LogP contribution in [-0.2, 0) is 6.18 Å². The van der Waals surface area contributed by atoms with Gasteiger partial charge in [-0.2, -0.15) is 13.2 Å². The maximum atomic E-state index is 12.6. The summed E-state index contributed by atoms with van der Waals surface area (Å²) in [6.07, 6.45) is -1.71. The van der Waals surface area contributed by atoms with Gasteiger partial charge in [0.2, 0.25) is 0 Å². The molecule has 0 amide bonds. The van der Waals surface area contributed by atoms with Gasteiger partial charge in [0.25, 0.3) is 0 Å². The molecule has 0 atom stereocenters. The van der Waals surface area contributed by atoms with Crippen LogP contribution in [0.5, 0.6) is 0 Å². The number of hydrogen-bond acceptors (Lipinski definition) is 5. The predicted octanol–water partition coefficient (Wildman–Crippen LogP) is 2.52. The van der Waals surface area contributed by atoms with Gasteiger partial charge < -0.3 is 14.9 Å². The highest BCUT2D eigenvalue weighted by Crippen LogP contribution is 2.30. The van der Waals surface area contributed by atoms with Crippen LogP contribution < -0.4 is 9.80 Å². The number of halogens is 3. The molecule has 1 fully saturated rings. The van der Waals surface area contributed by atoms with E-state index < -0.39 is 17.7 Å². The van der Waals surface area contributed by atoms with Crippen molar-refractivity contribution in [3.05, 3.63) is 47.9 Å². The number of carbonyl (C=O) groups is 1. The van der Waals surface area contributed by atoms with Crippen LogP contribution in [0.2, 0.25) is 0 Å². The number of piperazine rings is 1.